The molecule has 0 spiro atoms. The first-order valence-corrected chi connectivity index (χ1v) is 5.92. The highest BCUT2D eigenvalue weighted by atomic mass is 16.1. The van der Waals surface area contributed by atoms with Crippen molar-refractivity contribution in [2.24, 2.45) is 0 Å². The molecule has 3 rings (SSSR count). The lowest BCUT2D eigenvalue weighted by Gasteiger charge is -2.06. The molecule has 1 aliphatic carbocycles. The van der Waals surface area contributed by atoms with Gasteiger partial charge in [0, 0.05) is 17.0 Å². The third kappa shape index (κ3) is 1.88. The van der Waals surface area contributed by atoms with Crippen LogP contribution in [0.1, 0.15) is 30.1 Å². The minimum atomic E-state index is -0.0132. The van der Waals surface area contributed by atoms with Gasteiger partial charge in [-0.2, -0.15) is 0 Å². The number of nitrogens with one attached hydrogen (secondary N) is 1. The first-order chi connectivity index (χ1) is 8.25. The van der Waals surface area contributed by atoms with Crippen LogP contribution in [0.3, 0.4) is 0 Å². The molecule has 1 N–H and O–H groups in total. The summed E-state index contributed by atoms with van der Waals surface area (Å²) in [5.41, 5.74) is 2.51. The lowest BCUT2D eigenvalue weighted by atomic mass is 10.1. The highest BCUT2D eigenvalue weighted by Gasteiger charge is 2.27. The highest BCUT2D eigenvalue weighted by Crippen LogP contribution is 2.38. The fraction of sp³-hybridized carbons (Fsp3) is 0.286. The van der Waals surface area contributed by atoms with Crippen LogP contribution in [0.4, 0.5) is 0 Å². The molecular formula is C14H14N2O. The summed E-state index contributed by atoms with van der Waals surface area (Å²) in [4.78, 5) is 19.4. The number of hydrogen-bond donors (Lipinski definition) is 1. The van der Waals surface area contributed by atoms with E-state index in [1.807, 2.05) is 37.3 Å². The Hall–Kier alpha value is -1.90. The van der Waals surface area contributed by atoms with Gasteiger partial charge in [0.15, 0.2) is 0 Å². The second-order valence-corrected chi connectivity index (χ2v) is 4.57. The molecule has 1 aromatic heterocycles. The van der Waals surface area contributed by atoms with Crippen LogP contribution in [0.2, 0.25) is 0 Å². The predicted octanol–water partition coefficient (Wildman–Crippen LogP) is 2.62. The van der Waals surface area contributed by atoms with Gasteiger partial charge in [-0.05, 0) is 19.8 Å². The van der Waals surface area contributed by atoms with Crippen molar-refractivity contribution < 1.29 is 0 Å². The van der Waals surface area contributed by atoms with E-state index in [1.165, 1.54) is 0 Å². The number of aromatic amines is 1. The summed E-state index contributed by atoms with van der Waals surface area (Å²) in [7, 11) is 0. The summed E-state index contributed by atoms with van der Waals surface area (Å²) >= 11 is 0. The van der Waals surface area contributed by atoms with E-state index in [2.05, 4.69) is 9.97 Å². The van der Waals surface area contributed by atoms with E-state index in [-0.39, 0.29) is 5.56 Å². The zero-order valence-electron chi connectivity index (χ0n) is 9.73. The predicted molar refractivity (Wildman–Crippen MR) is 67.0 cm³/mol. The van der Waals surface area contributed by atoms with Gasteiger partial charge in [0.2, 0.25) is 0 Å². The molecular weight excluding hydrogens is 212 g/mol. The highest BCUT2D eigenvalue weighted by molar-refractivity contribution is 5.62. The average Bonchev–Trinajstić information content (AvgIpc) is 3.18. The maximum atomic E-state index is 11.9. The monoisotopic (exact) mass is 226 g/mol. The Morgan fingerprint density at radius 1 is 1.24 bits per heavy atom. The van der Waals surface area contributed by atoms with E-state index in [0.29, 0.717) is 11.5 Å². The number of rotatable bonds is 2. The van der Waals surface area contributed by atoms with Crippen molar-refractivity contribution in [1.29, 1.82) is 0 Å². The maximum absolute atomic E-state index is 11.9. The van der Waals surface area contributed by atoms with Gasteiger partial charge in [-0.3, -0.25) is 4.79 Å². The molecule has 3 nitrogen and oxygen atoms in total. The van der Waals surface area contributed by atoms with Gasteiger partial charge in [-0.1, -0.05) is 30.3 Å². The van der Waals surface area contributed by atoms with Crippen LogP contribution in [0, 0.1) is 6.92 Å². The van der Waals surface area contributed by atoms with Gasteiger partial charge < -0.3 is 4.98 Å². The normalized spacial score (nSPS) is 14.9. The maximum Gasteiger partial charge on any atom is 0.254 e. The topological polar surface area (TPSA) is 45.8 Å². The van der Waals surface area contributed by atoms with Gasteiger partial charge in [0.1, 0.15) is 5.82 Å². The molecule has 1 saturated carbocycles. The van der Waals surface area contributed by atoms with Gasteiger partial charge in [0.05, 0.1) is 5.69 Å². The molecule has 0 amide bonds. The van der Waals surface area contributed by atoms with Crippen LogP contribution in [0.5, 0.6) is 0 Å². The number of hydrogen-bond acceptors (Lipinski definition) is 2. The van der Waals surface area contributed by atoms with E-state index in [0.717, 1.165) is 29.9 Å². The zero-order valence-corrected chi connectivity index (χ0v) is 9.73. The minimum absolute atomic E-state index is 0.0132. The smallest absolute Gasteiger partial charge is 0.254 e. The van der Waals surface area contributed by atoms with Crippen molar-refractivity contribution >= 4 is 0 Å². The Labute approximate surface area is 99.5 Å². The van der Waals surface area contributed by atoms with E-state index in [9.17, 15) is 4.79 Å². The minimum Gasteiger partial charge on any atom is -0.310 e. The molecule has 0 atom stereocenters. The van der Waals surface area contributed by atoms with Crippen molar-refractivity contribution in [3.8, 4) is 11.3 Å². The molecule has 1 aliphatic rings. The van der Waals surface area contributed by atoms with E-state index in [1.54, 1.807) is 0 Å². The molecule has 0 unspecified atom stereocenters. The number of aromatic nitrogens is 2. The Morgan fingerprint density at radius 3 is 2.59 bits per heavy atom. The molecule has 0 saturated heterocycles. The summed E-state index contributed by atoms with van der Waals surface area (Å²) in [6.07, 6.45) is 2.28. The van der Waals surface area contributed by atoms with Crippen LogP contribution >= 0.6 is 0 Å². The Kier molecular flexibility index (Phi) is 2.32. The first-order valence-electron chi connectivity index (χ1n) is 5.92. The van der Waals surface area contributed by atoms with Crippen LogP contribution in [-0.4, -0.2) is 9.97 Å². The van der Waals surface area contributed by atoms with Crippen molar-refractivity contribution in [3.63, 3.8) is 0 Å². The summed E-state index contributed by atoms with van der Waals surface area (Å²) in [6, 6.07) is 9.88. The first kappa shape index (κ1) is 10.3. The van der Waals surface area contributed by atoms with Crippen LogP contribution < -0.4 is 5.56 Å². The van der Waals surface area contributed by atoms with Crippen molar-refractivity contribution in [2.75, 3.05) is 0 Å². The van der Waals surface area contributed by atoms with Gasteiger partial charge >= 0.3 is 0 Å². The van der Waals surface area contributed by atoms with Crippen molar-refractivity contribution in [2.45, 2.75) is 25.7 Å². The molecule has 1 heterocycles. The fourth-order valence-corrected chi connectivity index (χ4v) is 1.98. The number of benzene rings is 1. The quantitative estimate of drug-likeness (QED) is 0.855. The third-order valence-corrected chi connectivity index (χ3v) is 3.18. The van der Waals surface area contributed by atoms with Gasteiger partial charge in [0.25, 0.3) is 5.56 Å². The SMILES string of the molecule is Cc1c(-c2ccccc2)nc(C2CC2)[nH]c1=O. The summed E-state index contributed by atoms with van der Waals surface area (Å²) in [6.45, 7) is 1.82. The second-order valence-electron chi connectivity index (χ2n) is 4.57. The van der Waals surface area contributed by atoms with Crippen LogP contribution in [0.15, 0.2) is 35.1 Å². The molecule has 86 valence electrons. The Balaban J connectivity index is 2.18. The summed E-state index contributed by atoms with van der Waals surface area (Å²) in [5.74, 6) is 1.31. The number of nitrogens with zero attached hydrogens (tertiary/aromatic N) is 1. The van der Waals surface area contributed by atoms with E-state index >= 15 is 0 Å². The second kappa shape index (κ2) is 3.84. The molecule has 3 heteroatoms. The fourth-order valence-electron chi connectivity index (χ4n) is 1.98. The van der Waals surface area contributed by atoms with Gasteiger partial charge in [-0.15, -0.1) is 0 Å². The number of H-pyrrole nitrogens is 1. The summed E-state index contributed by atoms with van der Waals surface area (Å²) in [5, 5.41) is 0. The summed E-state index contributed by atoms with van der Waals surface area (Å²) < 4.78 is 0. The molecule has 0 radical (unpaired) electrons. The van der Waals surface area contributed by atoms with E-state index in [4.69, 9.17) is 0 Å². The molecule has 1 aromatic carbocycles. The average molecular weight is 226 g/mol. The van der Waals surface area contributed by atoms with Gasteiger partial charge in [-0.25, -0.2) is 4.98 Å². The lowest BCUT2D eigenvalue weighted by Crippen LogP contribution is -2.15. The largest absolute Gasteiger partial charge is 0.310 e. The van der Waals surface area contributed by atoms with Crippen molar-refractivity contribution in [1.82, 2.24) is 9.97 Å². The molecule has 17 heavy (non-hydrogen) atoms. The Bertz CT molecular complexity index is 597. The molecule has 0 aliphatic heterocycles. The zero-order chi connectivity index (χ0) is 11.8. The lowest BCUT2D eigenvalue weighted by molar-refractivity contribution is 0.900. The standard InChI is InChI=1S/C14H14N2O/c1-9-12(10-5-3-2-4-6-10)15-13(11-7-8-11)16-14(9)17/h2-6,11H,7-8H2,1H3,(H,15,16,17). The molecule has 1 fully saturated rings. The molecule has 2 aromatic rings. The molecule has 0 bridgehead atoms. The van der Waals surface area contributed by atoms with Crippen LogP contribution in [0.25, 0.3) is 11.3 Å². The third-order valence-electron chi connectivity index (χ3n) is 3.18. The van der Waals surface area contributed by atoms with Crippen molar-refractivity contribution in [3.05, 3.63) is 52.1 Å². The van der Waals surface area contributed by atoms with E-state index < -0.39 is 0 Å². The van der Waals surface area contributed by atoms with Crippen LogP contribution in [-0.2, 0) is 0 Å². The Morgan fingerprint density at radius 2 is 1.94 bits per heavy atom.